The molecule has 0 fully saturated rings. The smallest absolute Gasteiger partial charge is 0.251 e. The van der Waals surface area contributed by atoms with Crippen LogP contribution in [0.25, 0.3) is 0 Å². The van der Waals surface area contributed by atoms with Gasteiger partial charge in [-0.3, -0.25) is 9.79 Å². The van der Waals surface area contributed by atoms with Gasteiger partial charge in [0.1, 0.15) is 18.1 Å². The predicted molar refractivity (Wildman–Crippen MR) is 128 cm³/mol. The van der Waals surface area contributed by atoms with Crippen molar-refractivity contribution in [2.45, 2.75) is 20.0 Å². The summed E-state index contributed by atoms with van der Waals surface area (Å²) < 4.78 is 15.8. The quantitative estimate of drug-likeness (QED) is 0.169. The Morgan fingerprint density at radius 2 is 1.87 bits per heavy atom. The third-order valence-corrected chi connectivity index (χ3v) is 3.94. The Hall–Kier alpha value is -2.27. The predicted octanol–water partition coefficient (Wildman–Crippen LogP) is 2.80. The van der Waals surface area contributed by atoms with Crippen molar-refractivity contribution in [3.8, 4) is 5.75 Å². The lowest BCUT2D eigenvalue weighted by molar-refractivity contribution is 0.0954. The Kier molecular flexibility index (Phi) is 13.4. The van der Waals surface area contributed by atoms with Crippen molar-refractivity contribution < 1.29 is 18.7 Å². The largest absolute Gasteiger partial charge is 0.497 e. The van der Waals surface area contributed by atoms with Crippen molar-refractivity contribution in [2.24, 2.45) is 4.99 Å². The van der Waals surface area contributed by atoms with E-state index in [2.05, 4.69) is 20.9 Å². The van der Waals surface area contributed by atoms with Crippen molar-refractivity contribution in [3.63, 3.8) is 0 Å². The molecule has 0 aliphatic heterocycles. The number of guanidine groups is 1. The second-order valence-electron chi connectivity index (χ2n) is 6.16. The van der Waals surface area contributed by atoms with E-state index in [0.29, 0.717) is 38.4 Å². The maximum atomic E-state index is 12.1. The summed E-state index contributed by atoms with van der Waals surface area (Å²) in [6.45, 7) is 5.56. The van der Waals surface area contributed by atoms with Crippen LogP contribution in [0.15, 0.2) is 52.1 Å². The highest BCUT2D eigenvalue weighted by Crippen LogP contribution is 2.10. The molecule has 2 rings (SSSR count). The number of benzene rings is 1. The van der Waals surface area contributed by atoms with Crippen LogP contribution in [-0.2, 0) is 11.3 Å². The molecular formula is C21H31IN4O4. The summed E-state index contributed by atoms with van der Waals surface area (Å²) in [5, 5.41) is 9.27. The van der Waals surface area contributed by atoms with Crippen molar-refractivity contribution in [2.75, 3.05) is 39.9 Å². The molecule has 1 aromatic heterocycles. The highest BCUT2D eigenvalue weighted by atomic mass is 127. The van der Waals surface area contributed by atoms with Crippen LogP contribution in [0.4, 0.5) is 0 Å². The number of carbonyl (C=O) groups is 1. The van der Waals surface area contributed by atoms with Gasteiger partial charge in [0.2, 0.25) is 0 Å². The molecule has 0 atom stereocenters. The van der Waals surface area contributed by atoms with Crippen LogP contribution in [0, 0.1) is 0 Å². The van der Waals surface area contributed by atoms with E-state index in [1.54, 1.807) is 37.6 Å². The molecule has 8 nitrogen and oxygen atoms in total. The Balaban J connectivity index is 0.00000450. The molecule has 1 heterocycles. The maximum Gasteiger partial charge on any atom is 0.251 e. The molecule has 1 amide bonds. The first-order chi connectivity index (χ1) is 14.2. The van der Waals surface area contributed by atoms with Crippen LogP contribution < -0.4 is 20.7 Å². The molecule has 0 bridgehead atoms. The average Bonchev–Trinajstić information content (AvgIpc) is 3.27. The molecule has 0 spiro atoms. The van der Waals surface area contributed by atoms with Crippen molar-refractivity contribution in [1.82, 2.24) is 16.0 Å². The van der Waals surface area contributed by atoms with Crippen LogP contribution in [0.2, 0.25) is 0 Å². The first-order valence-corrected chi connectivity index (χ1v) is 9.77. The molecule has 0 saturated heterocycles. The van der Waals surface area contributed by atoms with Crippen molar-refractivity contribution in [1.29, 1.82) is 0 Å². The minimum atomic E-state index is -0.120. The Labute approximate surface area is 194 Å². The highest BCUT2D eigenvalue weighted by molar-refractivity contribution is 14.0. The molecule has 2 aromatic rings. The zero-order valence-corrected chi connectivity index (χ0v) is 19.8. The number of aliphatic imine (C=N–C) groups is 1. The van der Waals surface area contributed by atoms with Crippen LogP contribution in [0.3, 0.4) is 0 Å². The van der Waals surface area contributed by atoms with Gasteiger partial charge in [-0.25, -0.2) is 0 Å². The van der Waals surface area contributed by atoms with Gasteiger partial charge in [0.15, 0.2) is 5.96 Å². The number of nitrogens with zero attached hydrogens (tertiary/aromatic N) is 1. The van der Waals surface area contributed by atoms with Gasteiger partial charge in [-0.05, 0) is 49.7 Å². The SMILES string of the molecule is CCNC(=NCCCOCc1ccco1)NCCNC(=O)c1ccc(OC)cc1.I. The Morgan fingerprint density at radius 3 is 2.53 bits per heavy atom. The summed E-state index contributed by atoms with van der Waals surface area (Å²) in [4.78, 5) is 16.6. The number of rotatable bonds is 12. The maximum absolute atomic E-state index is 12.1. The van der Waals surface area contributed by atoms with E-state index in [1.165, 1.54) is 0 Å². The fourth-order valence-electron chi connectivity index (χ4n) is 2.47. The van der Waals surface area contributed by atoms with Crippen molar-refractivity contribution in [3.05, 3.63) is 54.0 Å². The lowest BCUT2D eigenvalue weighted by atomic mass is 10.2. The highest BCUT2D eigenvalue weighted by Gasteiger charge is 2.05. The number of halogens is 1. The second-order valence-corrected chi connectivity index (χ2v) is 6.16. The summed E-state index contributed by atoms with van der Waals surface area (Å²) in [7, 11) is 1.60. The first-order valence-electron chi connectivity index (χ1n) is 9.77. The number of methoxy groups -OCH3 is 1. The molecule has 30 heavy (non-hydrogen) atoms. The number of carbonyl (C=O) groups excluding carboxylic acids is 1. The number of ether oxygens (including phenoxy) is 2. The normalized spacial score (nSPS) is 10.8. The van der Waals surface area contributed by atoms with Gasteiger partial charge in [0.05, 0.1) is 13.4 Å². The molecule has 0 aliphatic rings. The number of amides is 1. The van der Waals surface area contributed by atoms with Gasteiger partial charge < -0.3 is 29.8 Å². The van der Waals surface area contributed by atoms with Gasteiger partial charge in [-0.2, -0.15) is 0 Å². The van der Waals surface area contributed by atoms with Gasteiger partial charge in [-0.1, -0.05) is 0 Å². The molecule has 0 saturated carbocycles. The monoisotopic (exact) mass is 530 g/mol. The van der Waals surface area contributed by atoms with Gasteiger partial charge in [0, 0.05) is 38.3 Å². The van der Waals surface area contributed by atoms with E-state index in [0.717, 1.165) is 30.4 Å². The van der Waals surface area contributed by atoms with Crippen molar-refractivity contribution >= 4 is 35.8 Å². The topological polar surface area (TPSA) is 97.1 Å². The standard InChI is InChI=1S/C21H30N4O4.HI/c1-3-22-21(24-11-5-14-28-16-19-6-4-15-29-19)25-13-12-23-20(26)17-7-9-18(27-2)10-8-17;/h4,6-10,15H,3,5,11-14,16H2,1-2H3,(H,23,26)(H2,22,24,25);1H. The van der Waals surface area contributed by atoms with E-state index in [-0.39, 0.29) is 29.9 Å². The van der Waals surface area contributed by atoms with Crippen LogP contribution in [0.1, 0.15) is 29.5 Å². The zero-order chi connectivity index (χ0) is 20.7. The summed E-state index contributed by atoms with van der Waals surface area (Å²) in [5.74, 6) is 2.14. The molecule has 0 aliphatic carbocycles. The van der Waals surface area contributed by atoms with Crippen LogP contribution >= 0.6 is 24.0 Å². The Morgan fingerprint density at radius 1 is 1.10 bits per heavy atom. The number of furan rings is 1. The molecule has 0 radical (unpaired) electrons. The lowest BCUT2D eigenvalue weighted by Crippen LogP contribution is -2.41. The molecular weight excluding hydrogens is 499 g/mol. The van der Waals surface area contributed by atoms with E-state index in [4.69, 9.17) is 13.9 Å². The first kappa shape index (κ1) is 25.8. The van der Waals surface area contributed by atoms with Gasteiger partial charge >= 0.3 is 0 Å². The lowest BCUT2D eigenvalue weighted by Gasteiger charge is -2.12. The third kappa shape index (κ3) is 9.97. The molecule has 1 aromatic carbocycles. The Bertz CT molecular complexity index is 736. The summed E-state index contributed by atoms with van der Waals surface area (Å²) in [6.07, 6.45) is 2.45. The second kappa shape index (κ2) is 15.6. The van der Waals surface area contributed by atoms with E-state index >= 15 is 0 Å². The summed E-state index contributed by atoms with van der Waals surface area (Å²) in [5.41, 5.74) is 0.598. The van der Waals surface area contributed by atoms with Gasteiger partial charge in [-0.15, -0.1) is 24.0 Å². The molecule has 9 heteroatoms. The number of nitrogens with one attached hydrogen (secondary N) is 3. The average molecular weight is 530 g/mol. The van der Waals surface area contributed by atoms with E-state index < -0.39 is 0 Å². The number of hydrogen-bond acceptors (Lipinski definition) is 5. The summed E-state index contributed by atoms with van der Waals surface area (Å²) >= 11 is 0. The minimum Gasteiger partial charge on any atom is -0.497 e. The third-order valence-electron chi connectivity index (χ3n) is 3.94. The molecule has 0 unspecified atom stereocenters. The van der Waals surface area contributed by atoms with Gasteiger partial charge in [0.25, 0.3) is 5.91 Å². The molecule has 166 valence electrons. The van der Waals surface area contributed by atoms with E-state index in [1.807, 2.05) is 19.1 Å². The fraction of sp³-hybridized carbons (Fsp3) is 0.429. The summed E-state index contributed by atoms with van der Waals surface area (Å²) in [6, 6.07) is 10.7. The fourth-order valence-corrected chi connectivity index (χ4v) is 2.47. The zero-order valence-electron chi connectivity index (χ0n) is 17.5. The van der Waals surface area contributed by atoms with E-state index in [9.17, 15) is 4.79 Å². The number of hydrogen-bond donors (Lipinski definition) is 3. The molecule has 3 N–H and O–H groups in total. The van der Waals surface area contributed by atoms with Crippen LogP contribution in [0.5, 0.6) is 5.75 Å². The minimum absolute atomic E-state index is 0. The van der Waals surface area contributed by atoms with Crippen LogP contribution in [-0.4, -0.2) is 51.8 Å².